The second-order valence-electron chi connectivity index (χ2n) is 4.68. The van der Waals surface area contributed by atoms with Crippen molar-refractivity contribution in [2.45, 2.75) is 39.0 Å². The van der Waals surface area contributed by atoms with E-state index in [1.54, 1.807) is 6.92 Å². The van der Waals surface area contributed by atoms with Gasteiger partial charge in [0, 0.05) is 5.92 Å². The quantitative estimate of drug-likeness (QED) is 0.899. The predicted octanol–water partition coefficient (Wildman–Crippen LogP) is 3.15. The van der Waals surface area contributed by atoms with Crippen molar-refractivity contribution in [3.63, 3.8) is 0 Å². The van der Waals surface area contributed by atoms with Gasteiger partial charge in [0.15, 0.2) is 0 Å². The summed E-state index contributed by atoms with van der Waals surface area (Å²) in [6.45, 7) is 3.22. The molecule has 1 aliphatic rings. The van der Waals surface area contributed by atoms with E-state index < -0.39 is 17.8 Å². The van der Waals surface area contributed by atoms with E-state index in [2.05, 4.69) is 4.98 Å². The normalized spacial score (nSPS) is 15.8. The molecular weight excluding hydrogens is 240 g/mol. The zero-order valence-electron chi connectivity index (χ0n) is 10.3. The van der Waals surface area contributed by atoms with E-state index in [9.17, 15) is 13.6 Å². The molecule has 0 aromatic carbocycles. The summed E-state index contributed by atoms with van der Waals surface area (Å²) in [6.07, 6.45) is 1.42. The van der Waals surface area contributed by atoms with E-state index in [0.29, 0.717) is 24.8 Å². The number of aryl methyl sites for hydroxylation is 2. The molecule has 1 heterocycles. The van der Waals surface area contributed by atoms with E-state index in [-0.39, 0.29) is 17.0 Å². The summed E-state index contributed by atoms with van der Waals surface area (Å²) in [7, 11) is 0. The molecule has 0 spiro atoms. The lowest BCUT2D eigenvalue weighted by molar-refractivity contribution is -0.0331. The van der Waals surface area contributed by atoms with Crippen LogP contribution in [0, 0.1) is 12.8 Å². The number of halogens is 2. The number of carboxylic acids is 1. The number of carboxylic acid groups (broad SMARTS) is 1. The van der Waals surface area contributed by atoms with Gasteiger partial charge in [-0.25, -0.2) is 4.79 Å². The lowest BCUT2D eigenvalue weighted by Gasteiger charge is -2.18. The third kappa shape index (κ3) is 2.09. The van der Waals surface area contributed by atoms with E-state index in [1.807, 2.05) is 0 Å². The molecule has 98 valence electrons. The van der Waals surface area contributed by atoms with Gasteiger partial charge in [0.05, 0.1) is 11.3 Å². The fraction of sp³-hybridized carbons (Fsp3) is 0.538. The summed E-state index contributed by atoms with van der Waals surface area (Å²) in [6, 6.07) is 1.24. The molecule has 1 saturated carbocycles. The van der Waals surface area contributed by atoms with Crippen molar-refractivity contribution < 1.29 is 18.7 Å². The number of nitrogens with zero attached hydrogens (tertiary/aromatic N) is 1. The van der Waals surface area contributed by atoms with E-state index >= 15 is 0 Å². The average Bonchev–Trinajstić information content (AvgIpc) is 3.10. The molecule has 0 radical (unpaired) electrons. The van der Waals surface area contributed by atoms with Crippen LogP contribution < -0.4 is 0 Å². The molecule has 3 nitrogen and oxygen atoms in total. The number of carbonyl (C=O) groups is 1. The molecule has 0 saturated heterocycles. The van der Waals surface area contributed by atoms with Crippen LogP contribution in [0.15, 0.2) is 6.07 Å². The molecule has 1 aliphatic carbocycles. The van der Waals surface area contributed by atoms with Gasteiger partial charge in [0.25, 0.3) is 5.92 Å². The molecule has 1 N–H and O–H groups in total. The highest BCUT2D eigenvalue weighted by molar-refractivity contribution is 5.90. The predicted molar refractivity (Wildman–Crippen MR) is 61.9 cm³/mol. The van der Waals surface area contributed by atoms with Crippen LogP contribution in [-0.2, 0) is 12.3 Å². The Morgan fingerprint density at radius 2 is 2.17 bits per heavy atom. The second kappa shape index (κ2) is 4.30. The Bertz CT molecular complexity index is 496. The monoisotopic (exact) mass is 255 g/mol. The number of rotatable bonds is 4. The van der Waals surface area contributed by atoms with Gasteiger partial charge in [0.1, 0.15) is 5.69 Å². The first-order valence-corrected chi connectivity index (χ1v) is 6.00. The Morgan fingerprint density at radius 3 is 2.61 bits per heavy atom. The van der Waals surface area contributed by atoms with E-state index in [0.717, 1.165) is 0 Å². The van der Waals surface area contributed by atoms with Crippen molar-refractivity contribution in [3.8, 4) is 0 Å². The summed E-state index contributed by atoms with van der Waals surface area (Å²) in [5.74, 6) is -4.69. The van der Waals surface area contributed by atoms with Crippen molar-refractivity contribution in [3.05, 3.63) is 28.6 Å². The summed E-state index contributed by atoms with van der Waals surface area (Å²) in [5, 5.41) is 9.07. The summed E-state index contributed by atoms with van der Waals surface area (Å²) >= 11 is 0. The van der Waals surface area contributed by atoms with Crippen molar-refractivity contribution in [2.24, 2.45) is 5.92 Å². The van der Waals surface area contributed by atoms with E-state index in [4.69, 9.17) is 5.11 Å². The first-order valence-electron chi connectivity index (χ1n) is 6.00. The first kappa shape index (κ1) is 12.9. The third-order valence-corrected chi connectivity index (χ3v) is 3.31. The van der Waals surface area contributed by atoms with Crippen LogP contribution in [0.25, 0.3) is 0 Å². The largest absolute Gasteiger partial charge is 0.478 e. The molecule has 0 aliphatic heterocycles. The van der Waals surface area contributed by atoms with Gasteiger partial charge < -0.3 is 5.11 Å². The number of pyridine rings is 1. The van der Waals surface area contributed by atoms with Crippen molar-refractivity contribution in [1.29, 1.82) is 0 Å². The van der Waals surface area contributed by atoms with Gasteiger partial charge in [-0.3, -0.25) is 4.98 Å². The van der Waals surface area contributed by atoms with Crippen LogP contribution in [0.3, 0.4) is 0 Å². The second-order valence-corrected chi connectivity index (χ2v) is 4.68. The zero-order valence-corrected chi connectivity index (χ0v) is 10.3. The van der Waals surface area contributed by atoms with Gasteiger partial charge in [-0.1, -0.05) is 6.92 Å². The molecule has 18 heavy (non-hydrogen) atoms. The smallest absolute Gasteiger partial charge is 0.337 e. The highest BCUT2D eigenvalue weighted by Crippen LogP contribution is 2.49. The molecule has 2 rings (SSSR count). The van der Waals surface area contributed by atoms with E-state index in [1.165, 1.54) is 13.0 Å². The minimum atomic E-state index is -2.94. The molecule has 1 fully saturated rings. The number of aromatic carboxylic acids is 1. The Kier molecular flexibility index (Phi) is 3.09. The van der Waals surface area contributed by atoms with Crippen LogP contribution in [0.1, 0.15) is 47.1 Å². The fourth-order valence-electron chi connectivity index (χ4n) is 2.14. The SMILES string of the molecule is CCc1cc(C(F)(F)C2CC2)nc(C)c1C(=O)O. The number of hydrogen-bond donors (Lipinski definition) is 1. The fourth-order valence-corrected chi connectivity index (χ4v) is 2.14. The van der Waals surface area contributed by atoms with Crippen molar-refractivity contribution >= 4 is 5.97 Å². The molecule has 1 aromatic heterocycles. The summed E-state index contributed by atoms with van der Waals surface area (Å²) in [4.78, 5) is 14.9. The number of hydrogen-bond acceptors (Lipinski definition) is 2. The first-order chi connectivity index (χ1) is 8.37. The molecule has 0 amide bonds. The highest BCUT2D eigenvalue weighted by Gasteiger charge is 2.49. The van der Waals surface area contributed by atoms with Crippen molar-refractivity contribution in [1.82, 2.24) is 4.98 Å². The Hall–Kier alpha value is -1.52. The van der Waals surface area contributed by atoms with Crippen LogP contribution >= 0.6 is 0 Å². The molecule has 0 atom stereocenters. The maximum Gasteiger partial charge on any atom is 0.337 e. The van der Waals surface area contributed by atoms with Gasteiger partial charge in [0.2, 0.25) is 0 Å². The topological polar surface area (TPSA) is 50.2 Å². The highest BCUT2D eigenvalue weighted by atomic mass is 19.3. The standard InChI is InChI=1S/C13H15F2NO2/c1-3-8-6-10(13(14,15)9-4-5-9)16-7(2)11(8)12(17)18/h6,9H,3-5H2,1-2H3,(H,17,18). The molecule has 0 unspecified atom stereocenters. The summed E-state index contributed by atoms with van der Waals surface area (Å²) in [5.41, 5.74) is 0.347. The van der Waals surface area contributed by atoms with Crippen LogP contribution in [0.2, 0.25) is 0 Å². The zero-order chi connectivity index (χ0) is 13.5. The van der Waals surface area contributed by atoms with Gasteiger partial charge in [-0.2, -0.15) is 8.78 Å². The Labute approximate surface area is 104 Å². The minimum Gasteiger partial charge on any atom is -0.478 e. The third-order valence-electron chi connectivity index (χ3n) is 3.31. The lowest BCUT2D eigenvalue weighted by Crippen LogP contribution is -2.20. The molecule has 1 aromatic rings. The Morgan fingerprint density at radius 1 is 1.56 bits per heavy atom. The summed E-state index contributed by atoms with van der Waals surface area (Å²) < 4.78 is 27.9. The maximum absolute atomic E-state index is 14.0. The Balaban J connectivity index is 2.52. The minimum absolute atomic E-state index is 0.0489. The number of alkyl halides is 2. The molecule has 0 bridgehead atoms. The van der Waals surface area contributed by atoms with Crippen LogP contribution in [-0.4, -0.2) is 16.1 Å². The number of aromatic nitrogens is 1. The maximum atomic E-state index is 14.0. The molecular formula is C13H15F2NO2. The molecule has 5 heteroatoms. The van der Waals surface area contributed by atoms with Gasteiger partial charge in [-0.05, 0) is 37.8 Å². The van der Waals surface area contributed by atoms with Crippen LogP contribution in [0.4, 0.5) is 8.78 Å². The van der Waals surface area contributed by atoms with Crippen molar-refractivity contribution in [2.75, 3.05) is 0 Å². The van der Waals surface area contributed by atoms with Gasteiger partial charge in [-0.15, -0.1) is 0 Å². The van der Waals surface area contributed by atoms with Gasteiger partial charge >= 0.3 is 5.97 Å². The van der Waals surface area contributed by atoms with Crippen LogP contribution in [0.5, 0.6) is 0 Å². The average molecular weight is 255 g/mol. The lowest BCUT2D eigenvalue weighted by atomic mass is 10.00.